The van der Waals surface area contributed by atoms with Crippen LogP contribution in [0.1, 0.15) is 29.6 Å². The summed E-state index contributed by atoms with van der Waals surface area (Å²) in [5.41, 5.74) is 1.15. The van der Waals surface area contributed by atoms with Crippen LogP contribution < -0.4 is 20.7 Å². The van der Waals surface area contributed by atoms with E-state index < -0.39 is 11.7 Å². The summed E-state index contributed by atoms with van der Waals surface area (Å²) in [7, 11) is 1.49. The van der Waals surface area contributed by atoms with Gasteiger partial charge in [-0.05, 0) is 68.2 Å². The first kappa shape index (κ1) is 22.6. The van der Waals surface area contributed by atoms with Gasteiger partial charge in [-0.25, -0.2) is 4.39 Å². The number of carbonyl (C=O) groups excluding carboxylic acids is 2. The van der Waals surface area contributed by atoms with Crippen molar-refractivity contribution in [1.29, 1.82) is 0 Å². The maximum absolute atomic E-state index is 13.3. The summed E-state index contributed by atoms with van der Waals surface area (Å²) in [5, 5.41) is 8.85. The third-order valence-electron chi connectivity index (χ3n) is 4.76. The lowest BCUT2D eigenvalue weighted by molar-refractivity contribution is -0.116. The second kappa shape index (κ2) is 10.8. The Hall–Kier alpha value is -2.64. The molecule has 0 bridgehead atoms. The number of methoxy groups -OCH3 is 1. The van der Waals surface area contributed by atoms with Gasteiger partial charge in [0.05, 0.1) is 12.8 Å². The minimum absolute atomic E-state index is 0. The molecule has 3 rings (SSSR count). The van der Waals surface area contributed by atoms with E-state index in [1.807, 2.05) is 0 Å². The standard InChI is InChI=1S/C21H24FN3O3.ClH/c1-28-19-7-6-17(24-20(26)8-5-14-9-10-23-13-14)12-18(19)25-21(27)15-3-2-4-16(22)11-15;/h2-4,6-7,11-12,14,23H,5,8-10,13H2,1H3,(H,24,26)(H,25,27);1H. The van der Waals surface area contributed by atoms with Crippen molar-refractivity contribution in [3.63, 3.8) is 0 Å². The fourth-order valence-corrected chi connectivity index (χ4v) is 3.23. The van der Waals surface area contributed by atoms with E-state index in [1.54, 1.807) is 18.2 Å². The molecule has 1 unspecified atom stereocenters. The van der Waals surface area contributed by atoms with Crippen LogP contribution in [0.4, 0.5) is 15.8 Å². The van der Waals surface area contributed by atoms with Crippen molar-refractivity contribution in [3.05, 3.63) is 53.8 Å². The number of anilines is 2. The van der Waals surface area contributed by atoms with Crippen molar-refractivity contribution < 1.29 is 18.7 Å². The Labute approximate surface area is 175 Å². The van der Waals surface area contributed by atoms with Crippen molar-refractivity contribution in [1.82, 2.24) is 5.32 Å². The van der Waals surface area contributed by atoms with Gasteiger partial charge in [-0.1, -0.05) is 6.07 Å². The molecule has 8 heteroatoms. The van der Waals surface area contributed by atoms with Crippen LogP contribution in [0.15, 0.2) is 42.5 Å². The molecule has 0 saturated carbocycles. The highest BCUT2D eigenvalue weighted by Gasteiger charge is 2.16. The summed E-state index contributed by atoms with van der Waals surface area (Å²) >= 11 is 0. The van der Waals surface area contributed by atoms with Crippen molar-refractivity contribution >= 4 is 35.6 Å². The zero-order valence-corrected chi connectivity index (χ0v) is 17.0. The van der Waals surface area contributed by atoms with Crippen LogP contribution >= 0.6 is 12.4 Å². The topological polar surface area (TPSA) is 79.5 Å². The van der Waals surface area contributed by atoms with Crippen LogP contribution in [0.2, 0.25) is 0 Å². The van der Waals surface area contributed by atoms with Gasteiger partial charge in [-0.15, -0.1) is 12.4 Å². The van der Waals surface area contributed by atoms with E-state index in [4.69, 9.17) is 4.74 Å². The summed E-state index contributed by atoms with van der Waals surface area (Å²) in [6.07, 6.45) is 2.40. The zero-order valence-electron chi connectivity index (χ0n) is 16.2. The number of ether oxygens (including phenoxy) is 1. The number of rotatable bonds is 7. The first-order valence-electron chi connectivity index (χ1n) is 9.30. The fourth-order valence-electron chi connectivity index (χ4n) is 3.23. The average molecular weight is 422 g/mol. The molecule has 0 radical (unpaired) electrons. The van der Waals surface area contributed by atoms with Crippen molar-refractivity contribution in [3.8, 4) is 5.75 Å². The van der Waals surface area contributed by atoms with Gasteiger partial charge in [0.25, 0.3) is 5.91 Å². The minimum Gasteiger partial charge on any atom is -0.495 e. The van der Waals surface area contributed by atoms with Crippen LogP contribution in [0, 0.1) is 11.7 Å². The highest BCUT2D eigenvalue weighted by Crippen LogP contribution is 2.28. The Balaban J connectivity index is 0.00000300. The molecule has 0 aliphatic carbocycles. The number of hydrogen-bond acceptors (Lipinski definition) is 4. The number of nitrogens with one attached hydrogen (secondary N) is 3. The molecule has 0 aromatic heterocycles. The van der Waals surface area contributed by atoms with E-state index in [9.17, 15) is 14.0 Å². The van der Waals surface area contributed by atoms with Crippen molar-refractivity contribution in [2.45, 2.75) is 19.3 Å². The molecule has 2 aromatic rings. The molecule has 1 saturated heterocycles. The summed E-state index contributed by atoms with van der Waals surface area (Å²) in [6.45, 7) is 1.98. The summed E-state index contributed by atoms with van der Waals surface area (Å²) < 4.78 is 18.6. The predicted octanol–water partition coefficient (Wildman–Crippen LogP) is 3.84. The second-order valence-corrected chi connectivity index (χ2v) is 6.83. The fraction of sp³-hybridized carbons (Fsp3) is 0.333. The minimum atomic E-state index is -0.488. The van der Waals surface area contributed by atoms with Gasteiger partial charge in [0.1, 0.15) is 11.6 Å². The third-order valence-corrected chi connectivity index (χ3v) is 4.76. The maximum Gasteiger partial charge on any atom is 0.255 e. The SMILES string of the molecule is COc1ccc(NC(=O)CCC2CCNC2)cc1NC(=O)c1cccc(F)c1.Cl. The third kappa shape index (κ3) is 6.44. The first-order valence-corrected chi connectivity index (χ1v) is 9.30. The van der Waals surface area contributed by atoms with Gasteiger partial charge >= 0.3 is 0 Å². The molecule has 1 aliphatic heterocycles. The van der Waals surface area contributed by atoms with Crippen LogP contribution in [-0.4, -0.2) is 32.0 Å². The van der Waals surface area contributed by atoms with Gasteiger partial charge in [-0.2, -0.15) is 0 Å². The van der Waals surface area contributed by atoms with E-state index in [0.29, 0.717) is 29.5 Å². The smallest absolute Gasteiger partial charge is 0.255 e. The van der Waals surface area contributed by atoms with E-state index in [0.717, 1.165) is 32.0 Å². The molecule has 2 aromatic carbocycles. The summed E-state index contributed by atoms with van der Waals surface area (Å²) in [4.78, 5) is 24.6. The Kier molecular flexibility index (Phi) is 8.42. The Morgan fingerprint density at radius 3 is 2.72 bits per heavy atom. The number of benzene rings is 2. The van der Waals surface area contributed by atoms with E-state index >= 15 is 0 Å². The number of carbonyl (C=O) groups is 2. The van der Waals surface area contributed by atoms with Crippen LogP contribution in [-0.2, 0) is 4.79 Å². The van der Waals surface area contributed by atoms with Gasteiger partial charge in [-0.3, -0.25) is 9.59 Å². The van der Waals surface area contributed by atoms with Crippen LogP contribution in [0.5, 0.6) is 5.75 Å². The molecule has 1 atom stereocenters. The normalized spacial score (nSPS) is 15.3. The van der Waals surface area contributed by atoms with Crippen molar-refractivity contribution in [2.24, 2.45) is 5.92 Å². The number of amides is 2. The highest BCUT2D eigenvalue weighted by atomic mass is 35.5. The molecule has 6 nitrogen and oxygen atoms in total. The quantitative estimate of drug-likeness (QED) is 0.634. The number of hydrogen-bond donors (Lipinski definition) is 3. The average Bonchev–Trinajstić information content (AvgIpc) is 3.20. The molecule has 1 fully saturated rings. The van der Waals surface area contributed by atoms with Gasteiger partial charge in [0, 0.05) is 17.7 Å². The van der Waals surface area contributed by atoms with E-state index in [1.165, 1.54) is 25.3 Å². The lowest BCUT2D eigenvalue weighted by atomic mass is 10.0. The Morgan fingerprint density at radius 1 is 1.21 bits per heavy atom. The predicted molar refractivity (Wildman–Crippen MR) is 113 cm³/mol. The highest BCUT2D eigenvalue weighted by molar-refractivity contribution is 6.05. The zero-order chi connectivity index (χ0) is 19.9. The molecule has 156 valence electrons. The van der Waals surface area contributed by atoms with E-state index in [-0.39, 0.29) is 23.9 Å². The Morgan fingerprint density at radius 2 is 2.03 bits per heavy atom. The molecular weight excluding hydrogens is 397 g/mol. The molecule has 1 heterocycles. The lowest BCUT2D eigenvalue weighted by Crippen LogP contribution is -2.16. The maximum atomic E-state index is 13.3. The molecular formula is C21H25ClFN3O3. The molecule has 29 heavy (non-hydrogen) atoms. The lowest BCUT2D eigenvalue weighted by Gasteiger charge is -2.13. The Bertz CT molecular complexity index is 857. The largest absolute Gasteiger partial charge is 0.495 e. The van der Waals surface area contributed by atoms with E-state index in [2.05, 4.69) is 16.0 Å². The second-order valence-electron chi connectivity index (χ2n) is 6.83. The monoisotopic (exact) mass is 421 g/mol. The molecule has 1 aliphatic rings. The van der Waals surface area contributed by atoms with Crippen molar-refractivity contribution in [2.75, 3.05) is 30.8 Å². The van der Waals surface area contributed by atoms with Crippen LogP contribution in [0.25, 0.3) is 0 Å². The summed E-state index contributed by atoms with van der Waals surface area (Å²) in [6, 6.07) is 10.4. The molecule has 3 N–H and O–H groups in total. The summed E-state index contributed by atoms with van der Waals surface area (Å²) in [5.74, 6) is -0.0323. The van der Waals surface area contributed by atoms with Gasteiger partial charge in [0.15, 0.2) is 0 Å². The molecule has 2 amide bonds. The van der Waals surface area contributed by atoms with Gasteiger partial charge < -0.3 is 20.7 Å². The van der Waals surface area contributed by atoms with Gasteiger partial charge in [0.2, 0.25) is 5.91 Å². The molecule has 0 spiro atoms. The number of halogens is 2. The first-order chi connectivity index (χ1) is 13.5. The van der Waals surface area contributed by atoms with Crippen LogP contribution in [0.3, 0.4) is 0 Å².